The highest BCUT2D eigenvalue weighted by Gasteiger charge is 2.34. The lowest BCUT2D eigenvalue weighted by molar-refractivity contribution is 0.0779. The summed E-state index contributed by atoms with van der Waals surface area (Å²) in [6.45, 7) is 3.67. The molecule has 2 aliphatic heterocycles. The molecule has 2 atom stereocenters. The molecule has 0 radical (unpaired) electrons. The second kappa shape index (κ2) is 5.21. The molecule has 0 aromatic carbocycles. The van der Waals surface area contributed by atoms with Gasteiger partial charge in [-0.25, -0.2) is 0 Å². The van der Waals surface area contributed by atoms with Crippen molar-refractivity contribution in [2.45, 2.75) is 43.9 Å². The molecule has 88 valence electrons. The average Bonchev–Trinajstić information content (AvgIpc) is 2.59. The first-order chi connectivity index (χ1) is 7.81. The zero-order chi connectivity index (χ0) is 11.4. The largest absolute Gasteiger partial charge is 0.490 e. The van der Waals surface area contributed by atoms with Crippen molar-refractivity contribution in [3.63, 3.8) is 0 Å². The second-order valence-corrected chi connectivity index (χ2v) is 4.51. The van der Waals surface area contributed by atoms with Crippen molar-refractivity contribution in [2.24, 2.45) is 5.73 Å². The maximum atomic E-state index is 5.94. The molecule has 2 rings (SSSR count). The number of hydrogen-bond donors (Lipinski definition) is 2. The molecule has 0 amide bonds. The zero-order valence-corrected chi connectivity index (χ0v) is 9.56. The van der Waals surface area contributed by atoms with Crippen molar-refractivity contribution < 1.29 is 4.74 Å². The number of nitrogens with one attached hydrogen (secondary N) is 1. The van der Waals surface area contributed by atoms with E-state index in [1.807, 2.05) is 6.08 Å². The van der Waals surface area contributed by atoms with Crippen LogP contribution in [0.2, 0.25) is 0 Å². The van der Waals surface area contributed by atoms with Crippen molar-refractivity contribution in [3.8, 4) is 0 Å². The van der Waals surface area contributed by atoms with Crippen LogP contribution < -0.4 is 11.1 Å². The zero-order valence-electron chi connectivity index (χ0n) is 9.56. The summed E-state index contributed by atoms with van der Waals surface area (Å²) >= 11 is 0. The van der Waals surface area contributed by atoms with E-state index in [-0.39, 0.29) is 0 Å². The molecule has 2 fully saturated rings. The highest BCUT2D eigenvalue weighted by Crippen LogP contribution is 2.29. The third kappa shape index (κ3) is 2.67. The van der Waals surface area contributed by atoms with E-state index in [0.717, 1.165) is 18.6 Å². The first-order valence-electron chi connectivity index (χ1n) is 5.95. The molecule has 2 saturated heterocycles. The van der Waals surface area contributed by atoms with Crippen LogP contribution in [-0.4, -0.2) is 18.2 Å². The Bertz CT molecular complexity index is 297. The fourth-order valence-corrected chi connectivity index (χ4v) is 2.64. The smallest absolute Gasteiger partial charge is 0.121 e. The molecule has 0 saturated carbocycles. The Morgan fingerprint density at radius 1 is 1.31 bits per heavy atom. The first kappa shape index (κ1) is 11.3. The molecule has 2 bridgehead atoms. The lowest BCUT2D eigenvalue weighted by Gasteiger charge is -2.29. The fourth-order valence-electron chi connectivity index (χ4n) is 2.64. The van der Waals surface area contributed by atoms with Crippen LogP contribution in [-0.2, 0) is 4.74 Å². The van der Waals surface area contributed by atoms with Gasteiger partial charge in [0, 0.05) is 12.1 Å². The fraction of sp³-hybridized carbons (Fsp3) is 0.538. The van der Waals surface area contributed by atoms with Crippen molar-refractivity contribution in [2.75, 3.05) is 0 Å². The Kier molecular flexibility index (Phi) is 3.67. The number of rotatable bonds is 4. The Hall–Kier alpha value is -1.22. The van der Waals surface area contributed by atoms with Crippen LogP contribution in [0.15, 0.2) is 36.8 Å². The van der Waals surface area contributed by atoms with Crippen LogP contribution in [0.3, 0.4) is 0 Å². The van der Waals surface area contributed by atoms with E-state index < -0.39 is 0 Å². The molecule has 2 aliphatic rings. The lowest BCUT2D eigenvalue weighted by Crippen LogP contribution is -2.41. The first-order valence-corrected chi connectivity index (χ1v) is 5.95. The number of allylic oxidation sites excluding steroid dienone is 3. The van der Waals surface area contributed by atoms with E-state index in [1.165, 1.54) is 19.0 Å². The maximum Gasteiger partial charge on any atom is 0.121 e. The maximum absolute atomic E-state index is 5.94. The van der Waals surface area contributed by atoms with E-state index in [9.17, 15) is 0 Å². The average molecular weight is 220 g/mol. The van der Waals surface area contributed by atoms with Crippen molar-refractivity contribution in [1.29, 1.82) is 0 Å². The van der Waals surface area contributed by atoms with Crippen LogP contribution in [0, 0.1) is 0 Å². The summed E-state index contributed by atoms with van der Waals surface area (Å²) in [6.07, 6.45) is 12.0. The quantitative estimate of drug-likeness (QED) is 0.561. The van der Waals surface area contributed by atoms with Gasteiger partial charge in [-0.1, -0.05) is 12.7 Å². The van der Waals surface area contributed by atoms with Gasteiger partial charge in [0.25, 0.3) is 0 Å². The summed E-state index contributed by atoms with van der Waals surface area (Å²) in [6, 6.07) is 1.30. The molecular weight excluding hydrogens is 200 g/mol. The third-order valence-electron chi connectivity index (χ3n) is 3.28. The van der Waals surface area contributed by atoms with Crippen LogP contribution in [0.25, 0.3) is 0 Å². The monoisotopic (exact) mass is 220 g/mol. The Morgan fingerprint density at radius 2 is 2.00 bits per heavy atom. The Labute approximate surface area is 97.0 Å². The van der Waals surface area contributed by atoms with Crippen molar-refractivity contribution >= 4 is 0 Å². The van der Waals surface area contributed by atoms with Gasteiger partial charge in [-0.05, 0) is 44.0 Å². The standard InChI is InChI=1S/C13H20N2O/c1-2-3-12(6-7-14)16-13-8-10-4-5-11(9-13)15-10/h2-3,6-7,10-11,13,15H,1,4-5,8-9,14H2/b7-6-,12-3+. The van der Waals surface area contributed by atoms with Gasteiger partial charge >= 0.3 is 0 Å². The molecule has 0 aliphatic carbocycles. The lowest BCUT2D eigenvalue weighted by atomic mass is 10.0. The molecular formula is C13H20N2O. The van der Waals surface area contributed by atoms with E-state index in [4.69, 9.17) is 10.5 Å². The summed E-state index contributed by atoms with van der Waals surface area (Å²) in [5, 5.41) is 3.60. The topological polar surface area (TPSA) is 47.3 Å². The van der Waals surface area contributed by atoms with Gasteiger partial charge in [0.05, 0.1) is 0 Å². The van der Waals surface area contributed by atoms with Crippen LogP contribution >= 0.6 is 0 Å². The van der Waals surface area contributed by atoms with Crippen molar-refractivity contribution in [1.82, 2.24) is 5.32 Å². The molecule has 2 unspecified atom stereocenters. The minimum absolute atomic E-state index is 0.321. The van der Waals surface area contributed by atoms with E-state index in [0.29, 0.717) is 18.2 Å². The summed E-state index contributed by atoms with van der Waals surface area (Å²) in [4.78, 5) is 0. The van der Waals surface area contributed by atoms with Gasteiger partial charge in [0.1, 0.15) is 11.9 Å². The molecule has 2 heterocycles. The number of nitrogens with two attached hydrogens (primary N) is 1. The number of hydrogen-bond acceptors (Lipinski definition) is 3. The predicted molar refractivity (Wildman–Crippen MR) is 65.7 cm³/mol. The Morgan fingerprint density at radius 3 is 2.56 bits per heavy atom. The second-order valence-electron chi connectivity index (χ2n) is 4.51. The number of piperidine rings is 1. The summed E-state index contributed by atoms with van der Waals surface area (Å²) < 4.78 is 5.94. The number of fused-ring (bicyclic) bond motifs is 2. The highest BCUT2D eigenvalue weighted by atomic mass is 16.5. The molecule has 0 aromatic rings. The van der Waals surface area contributed by atoms with Gasteiger partial charge in [-0.3, -0.25) is 0 Å². The molecule has 3 heteroatoms. The Balaban J connectivity index is 1.93. The minimum atomic E-state index is 0.321. The van der Waals surface area contributed by atoms with Crippen LogP contribution in [0.4, 0.5) is 0 Å². The van der Waals surface area contributed by atoms with Crippen LogP contribution in [0.5, 0.6) is 0 Å². The van der Waals surface area contributed by atoms with Gasteiger partial charge in [0.15, 0.2) is 0 Å². The predicted octanol–water partition coefficient (Wildman–Crippen LogP) is 1.83. The number of ether oxygens (including phenoxy) is 1. The van der Waals surface area contributed by atoms with E-state index in [1.54, 1.807) is 12.2 Å². The molecule has 0 spiro atoms. The normalized spacial score (nSPS) is 34.2. The molecule has 16 heavy (non-hydrogen) atoms. The van der Waals surface area contributed by atoms with E-state index >= 15 is 0 Å². The van der Waals surface area contributed by atoms with Gasteiger partial charge in [-0.15, -0.1) is 0 Å². The van der Waals surface area contributed by atoms with E-state index in [2.05, 4.69) is 11.9 Å². The summed E-state index contributed by atoms with van der Waals surface area (Å²) in [5.74, 6) is 0.809. The van der Waals surface area contributed by atoms with Crippen LogP contribution in [0.1, 0.15) is 25.7 Å². The molecule has 0 aromatic heterocycles. The van der Waals surface area contributed by atoms with Gasteiger partial charge in [0.2, 0.25) is 0 Å². The minimum Gasteiger partial charge on any atom is -0.490 e. The van der Waals surface area contributed by atoms with Crippen molar-refractivity contribution in [3.05, 3.63) is 36.8 Å². The van der Waals surface area contributed by atoms with Gasteiger partial charge < -0.3 is 15.8 Å². The summed E-state index contributed by atoms with van der Waals surface area (Å²) in [5.41, 5.74) is 5.38. The SMILES string of the molecule is C=C/C=C(\C=C/N)OC1CC2CCC(C1)N2. The molecule has 3 N–H and O–H groups in total. The third-order valence-corrected chi connectivity index (χ3v) is 3.28. The molecule has 3 nitrogen and oxygen atoms in total. The highest BCUT2D eigenvalue weighted by molar-refractivity contribution is 5.17. The summed E-state index contributed by atoms with van der Waals surface area (Å²) in [7, 11) is 0. The van der Waals surface area contributed by atoms with Gasteiger partial charge in [-0.2, -0.15) is 0 Å².